The van der Waals surface area contributed by atoms with E-state index in [1.165, 1.54) is 23.5 Å². The first-order chi connectivity index (χ1) is 12.1. The number of benzene rings is 2. The van der Waals surface area contributed by atoms with Crippen LogP contribution in [0.4, 0.5) is 10.3 Å². The number of rotatable bonds is 3. The Morgan fingerprint density at radius 2 is 1.92 bits per heavy atom. The molecule has 0 saturated carbocycles. The van der Waals surface area contributed by atoms with Crippen molar-refractivity contribution >= 4 is 28.2 Å². The van der Waals surface area contributed by atoms with Crippen LogP contribution in [0.2, 0.25) is 0 Å². The first kappa shape index (κ1) is 15.5. The van der Waals surface area contributed by atoms with E-state index in [2.05, 4.69) is 15.4 Å². The number of aryl methyl sites for hydroxylation is 1. The molecule has 2 heterocycles. The average Bonchev–Trinajstić information content (AvgIpc) is 3.16. The topological polar surface area (TPSA) is 59.3 Å². The third-order valence-corrected chi connectivity index (χ3v) is 4.65. The van der Waals surface area contributed by atoms with Gasteiger partial charge in [-0.05, 0) is 42.8 Å². The number of nitrogens with zero attached hydrogens (tertiary/aromatic N) is 3. The highest BCUT2D eigenvalue weighted by Gasteiger charge is 2.15. The summed E-state index contributed by atoms with van der Waals surface area (Å²) in [6.07, 6.45) is 0. The summed E-state index contributed by atoms with van der Waals surface area (Å²) in [5, 5.41) is 8.98. The molecular weight excluding hydrogens is 339 g/mol. The Morgan fingerprint density at radius 1 is 1.16 bits per heavy atom. The zero-order chi connectivity index (χ0) is 17.4. The number of anilines is 1. The molecule has 2 aromatic heterocycles. The number of nitrogens with one attached hydrogen (secondary N) is 1. The van der Waals surface area contributed by atoms with Crippen molar-refractivity contribution in [3.05, 3.63) is 70.9 Å². The highest BCUT2D eigenvalue weighted by atomic mass is 32.1. The van der Waals surface area contributed by atoms with Gasteiger partial charge in [-0.1, -0.05) is 18.2 Å². The SMILES string of the molecule is Cc1ccccc1C(=O)Nc1nc2scc(-c3ccc(F)cc3)n2n1. The van der Waals surface area contributed by atoms with Crippen LogP contribution < -0.4 is 5.32 Å². The fraction of sp³-hybridized carbons (Fsp3) is 0.0556. The normalized spacial score (nSPS) is 11.0. The van der Waals surface area contributed by atoms with E-state index in [0.29, 0.717) is 10.5 Å². The molecule has 0 fully saturated rings. The second kappa shape index (κ2) is 6.10. The maximum Gasteiger partial charge on any atom is 0.258 e. The van der Waals surface area contributed by atoms with Crippen molar-refractivity contribution in [1.82, 2.24) is 14.6 Å². The molecule has 0 aliphatic rings. The number of hydrogen-bond acceptors (Lipinski definition) is 4. The molecule has 25 heavy (non-hydrogen) atoms. The van der Waals surface area contributed by atoms with E-state index in [1.807, 2.05) is 30.5 Å². The largest absolute Gasteiger partial charge is 0.289 e. The van der Waals surface area contributed by atoms with Crippen LogP contribution in [-0.2, 0) is 0 Å². The van der Waals surface area contributed by atoms with E-state index in [4.69, 9.17) is 0 Å². The summed E-state index contributed by atoms with van der Waals surface area (Å²) >= 11 is 1.40. The lowest BCUT2D eigenvalue weighted by Crippen LogP contribution is -2.14. The zero-order valence-electron chi connectivity index (χ0n) is 13.2. The van der Waals surface area contributed by atoms with Gasteiger partial charge in [0.15, 0.2) is 0 Å². The molecule has 0 unspecified atom stereocenters. The van der Waals surface area contributed by atoms with Crippen LogP contribution in [0.1, 0.15) is 15.9 Å². The molecule has 0 aliphatic carbocycles. The fourth-order valence-corrected chi connectivity index (χ4v) is 3.38. The van der Waals surface area contributed by atoms with Gasteiger partial charge in [-0.3, -0.25) is 10.1 Å². The minimum Gasteiger partial charge on any atom is -0.289 e. The predicted molar refractivity (Wildman–Crippen MR) is 95.4 cm³/mol. The summed E-state index contributed by atoms with van der Waals surface area (Å²) in [7, 11) is 0. The van der Waals surface area contributed by atoms with Gasteiger partial charge in [0.1, 0.15) is 5.82 Å². The second-order valence-corrected chi connectivity index (χ2v) is 6.36. The molecule has 0 saturated heterocycles. The van der Waals surface area contributed by atoms with Crippen LogP contribution in [0.5, 0.6) is 0 Å². The minimum atomic E-state index is -0.292. The van der Waals surface area contributed by atoms with Gasteiger partial charge in [-0.25, -0.2) is 8.91 Å². The number of halogens is 1. The predicted octanol–water partition coefficient (Wildman–Crippen LogP) is 4.16. The molecule has 2 aromatic carbocycles. The van der Waals surface area contributed by atoms with Gasteiger partial charge in [0, 0.05) is 16.5 Å². The monoisotopic (exact) mass is 352 g/mol. The molecule has 1 amide bonds. The Kier molecular flexibility index (Phi) is 3.77. The molecule has 4 rings (SSSR count). The Balaban J connectivity index is 1.65. The van der Waals surface area contributed by atoms with Crippen LogP contribution in [0.15, 0.2) is 53.9 Å². The zero-order valence-corrected chi connectivity index (χ0v) is 14.0. The number of fused-ring (bicyclic) bond motifs is 1. The quantitative estimate of drug-likeness (QED) is 0.602. The van der Waals surface area contributed by atoms with Crippen molar-refractivity contribution in [1.29, 1.82) is 0 Å². The van der Waals surface area contributed by atoms with Crippen molar-refractivity contribution in [2.75, 3.05) is 5.32 Å². The smallest absolute Gasteiger partial charge is 0.258 e. The third-order valence-electron chi connectivity index (χ3n) is 3.84. The van der Waals surface area contributed by atoms with Crippen LogP contribution >= 0.6 is 11.3 Å². The molecule has 0 atom stereocenters. The summed E-state index contributed by atoms with van der Waals surface area (Å²) in [6.45, 7) is 1.88. The number of thiazole rings is 1. The van der Waals surface area contributed by atoms with E-state index in [-0.39, 0.29) is 17.7 Å². The average molecular weight is 352 g/mol. The minimum absolute atomic E-state index is 0.239. The van der Waals surface area contributed by atoms with Crippen molar-refractivity contribution in [2.24, 2.45) is 0 Å². The molecule has 7 heteroatoms. The maximum absolute atomic E-state index is 13.1. The molecule has 4 aromatic rings. The molecule has 0 radical (unpaired) electrons. The van der Waals surface area contributed by atoms with E-state index >= 15 is 0 Å². The molecule has 5 nitrogen and oxygen atoms in total. The first-order valence-corrected chi connectivity index (χ1v) is 8.47. The highest BCUT2D eigenvalue weighted by molar-refractivity contribution is 7.15. The van der Waals surface area contributed by atoms with E-state index in [1.54, 1.807) is 22.7 Å². The Labute approximate surface area is 146 Å². The van der Waals surface area contributed by atoms with Crippen LogP contribution in [0.25, 0.3) is 16.2 Å². The van der Waals surface area contributed by atoms with Crippen LogP contribution in [0, 0.1) is 12.7 Å². The summed E-state index contributed by atoms with van der Waals surface area (Å²) in [5.74, 6) is -0.303. The van der Waals surface area contributed by atoms with Gasteiger partial charge in [0.2, 0.25) is 4.96 Å². The standard InChI is InChI=1S/C18H13FN4OS/c1-11-4-2-3-5-14(11)16(24)20-17-21-18-23(22-17)15(10-25-18)12-6-8-13(19)9-7-12/h2-10H,1H3,(H,20,22,24). The van der Waals surface area contributed by atoms with Crippen molar-refractivity contribution < 1.29 is 9.18 Å². The number of aromatic nitrogens is 3. The molecule has 124 valence electrons. The van der Waals surface area contributed by atoms with E-state index < -0.39 is 0 Å². The van der Waals surface area contributed by atoms with Crippen molar-refractivity contribution in [2.45, 2.75) is 6.92 Å². The van der Waals surface area contributed by atoms with E-state index in [0.717, 1.165) is 16.8 Å². The van der Waals surface area contributed by atoms with Crippen LogP contribution in [0.3, 0.4) is 0 Å². The Morgan fingerprint density at radius 3 is 2.68 bits per heavy atom. The summed E-state index contributed by atoms with van der Waals surface area (Å²) in [5.41, 5.74) is 3.09. The maximum atomic E-state index is 13.1. The van der Waals surface area contributed by atoms with Crippen molar-refractivity contribution in [3.8, 4) is 11.3 Å². The number of carbonyl (C=O) groups excluding carboxylic acids is 1. The molecule has 0 spiro atoms. The number of carbonyl (C=O) groups is 1. The Bertz CT molecular complexity index is 1070. The third kappa shape index (κ3) is 2.89. The summed E-state index contributed by atoms with van der Waals surface area (Å²) < 4.78 is 14.7. The number of hydrogen-bond donors (Lipinski definition) is 1. The summed E-state index contributed by atoms with van der Waals surface area (Å²) in [6, 6.07) is 13.5. The van der Waals surface area contributed by atoms with Gasteiger partial charge >= 0.3 is 0 Å². The molecule has 0 bridgehead atoms. The van der Waals surface area contributed by atoms with Gasteiger partial charge in [0.25, 0.3) is 11.9 Å². The van der Waals surface area contributed by atoms with Gasteiger partial charge < -0.3 is 0 Å². The Hall–Kier alpha value is -3.06. The lowest BCUT2D eigenvalue weighted by atomic mass is 10.1. The lowest BCUT2D eigenvalue weighted by molar-refractivity contribution is 0.102. The van der Waals surface area contributed by atoms with Crippen molar-refractivity contribution in [3.63, 3.8) is 0 Å². The fourth-order valence-electron chi connectivity index (χ4n) is 2.55. The highest BCUT2D eigenvalue weighted by Crippen LogP contribution is 2.26. The van der Waals surface area contributed by atoms with Crippen LogP contribution in [-0.4, -0.2) is 20.5 Å². The van der Waals surface area contributed by atoms with E-state index in [9.17, 15) is 9.18 Å². The molecular formula is C18H13FN4OS. The molecule has 0 aliphatic heterocycles. The number of amides is 1. The molecule has 1 N–H and O–H groups in total. The first-order valence-electron chi connectivity index (χ1n) is 7.59. The van der Waals surface area contributed by atoms with Gasteiger partial charge in [-0.15, -0.1) is 16.4 Å². The summed E-state index contributed by atoms with van der Waals surface area (Å²) in [4.78, 5) is 17.4. The lowest BCUT2D eigenvalue weighted by Gasteiger charge is -2.04. The van der Waals surface area contributed by atoms with Gasteiger partial charge in [0.05, 0.1) is 5.69 Å². The second-order valence-electron chi connectivity index (χ2n) is 5.53. The van der Waals surface area contributed by atoms with Gasteiger partial charge in [-0.2, -0.15) is 4.98 Å².